The Morgan fingerprint density at radius 2 is 1.87 bits per heavy atom. The third kappa shape index (κ3) is 6.11. The monoisotopic (exact) mass is 438 g/mol. The maximum atomic E-state index is 12.3. The van der Waals surface area contributed by atoms with E-state index >= 15 is 0 Å². The van der Waals surface area contributed by atoms with Gasteiger partial charge in [0.1, 0.15) is 6.61 Å². The lowest BCUT2D eigenvalue weighted by Crippen LogP contribution is -2.15. The van der Waals surface area contributed by atoms with E-state index < -0.39 is 0 Å². The van der Waals surface area contributed by atoms with Crippen LogP contribution in [0.1, 0.15) is 17.0 Å². The number of nitrogens with one attached hydrogen (secondary N) is 1. The predicted molar refractivity (Wildman–Crippen MR) is 123 cm³/mol. The number of allylic oxidation sites excluding steroid dienone is 1. The van der Waals surface area contributed by atoms with Gasteiger partial charge >= 0.3 is 0 Å². The van der Waals surface area contributed by atoms with Crippen molar-refractivity contribution in [3.8, 4) is 11.5 Å². The number of methoxy groups -OCH3 is 1. The molecule has 2 aromatic carbocycles. The molecule has 1 heterocycles. The minimum Gasteiger partial charge on any atom is -0.493 e. The summed E-state index contributed by atoms with van der Waals surface area (Å²) in [5, 5.41) is 12.0. The number of carbonyl (C=O) groups excluding carboxylic acids is 1. The van der Waals surface area contributed by atoms with Gasteiger partial charge in [0.2, 0.25) is 5.91 Å². The molecule has 7 nitrogen and oxygen atoms in total. The molecule has 0 spiro atoms. The van der Waals surface area contributed by atoms with Gasteiger partial charge in [-0.25, -0.2) is 0 Å². The van der Waals surface area contributed by atoms with Crippen molar-refractivity contribution < 1.29 is 14.3 Å². The number of hydrogen-bond acceptors (Lipinski definition) is 6. The van der Waals surface area contributed by atoms with E-state index in [1.54, 1.807) is 13.2 Å². The first-order valence-corrected chi connectivity index (χ1v) is 10.8. The van der Waals surface area contributed by atoms with Crippen LogP contribution in [0.15, 0.2) is 60.3 Å². The van der Waals surface area contributed by atoms with E-state index in [0.29, 0.717) is 29.0 Å². The molecular weight excluding hydrogens is 412 g/mol. The Bertz CT molecular complexity index is 1050. The normalized spacial score (nSPS) is 10.5. The van der Waals surface area contributed by atoms with Crippen LogP contribution in [-0.4, -0.2) is 33.5 Å². The van der Waals surface area contributed by atoms with Gasteiger partial charge in [-0.05, 0) is 43.7 Å². The number of rotatable bonds is 10. The lowest BCUT2D eigenvalue weighted by atomic mass is 10.2. The molecule has 162 valence electrons. The van der Waals surface area contributed by atoms with E-state index in [0.717, 1.165) is 16.8 Å². The molecule has 0 aliphatic heterocycles. The quantitative estimate of drug-likeness (QED) is 0.373. The summed E-state index contributed by atoms with van der Waals surface area (Å²) in [5.41, 5.74) is 2.99. The molecule has 1 amide bonds. The van der Waals surface area contributed by atoms with Gasteiger partial charge in [-0.1, -0.05) is 41.6 Å². The molecule has 1 aromatic heterocycles. The average Bonchev–Trinajstić information content (AvgIpc) is 3.14. The Morgan fingerprint density at radius 1 is 1.13 bits per heavy atom. The van der Waals surface area contributed by atoms with E-state index in [4.69, 9.17) is 9.47 Å². The lowest BCUT2D eigenvalue weighted by Gasteiger charge is -2.12. The van der Waals surface area contributed by atoms with Crippen LogP contribution in [0.2, 0.25) is 0 Å². The second-order valence-corrected chi connectivity index (χ2v) is 7.89. The number of carbonyl (C=O) groups is 1. The van der Waals surface area contributed by atoms with Crippen molar-refractivity contribution in [2.45, 2.75) is 32.2 Å². The van der Waals surface area contributed by atoms with Crippen LogP contribution < -0.4 is 14.8 Å². The highest BCUT2D eigenvalue weighted by molar-refractivity contribution is 7.99. The third-order valence-corrected chi connectivity index (χ3v) is 5.42. The van der Waals surface area contributed by atoms with Crippen LogP contribution in [0.3, 0.4) is 0 Å². The molecule has 0 saturated carbocycles. The summed E-state index contributed by atoms with van der Waals surface area (Å²) in [5.74, 6) is 2.05. The average molecular weight is 439 g/mol. The molecular formula is C23H26N4O3S. The first-order chi connectivity index (χ1) is 15.0. The summed E-state index contributed by atoms with van der Waals surface area (Å²) in [4.78, 5) is 12.3. The molecule has 0 radical (unpaired) electrons. The Balaban J connectivity index is 1.63. The Kier molecular flexibility index (Phi) is 7.72. The molecule has 0 bridgehead atoms. The van der Waals surface area contributed by atoms with E-state index in [9.17, 15) is 4.79 Å². The smallest absolute Gasteiger partial charge is 0.234 e. The fourth-order valence-corrected chi connectivity index (χ4v) is 3.61. The molecule has 0 unspecified atom stereocenters. The van der Waals surface area contributed by atoms with E-state index in [1.165, 1.54) is 11.8 Å². The van der Waals surface area contributed by atoms with E-state index in [1.807, 2.05) is 60.9 Å². The minimum atomic E-state index is -0.107. The highest BCUT2D eigenvalue weighted by atomic mass is 32.2. The highest BCUT2D eigenvalue weighted by Gasteiger charge is 2.15. The van der Waals surface area contributed by atoms with Gasteiger partial charge in [0, 0.05) is 12.2 Å². The van der Waals surface area contributed by atoms with E-state index in [-0.39, 0.29) is 18.3 Å². The maximum absolute atomic E-state index is 12.3. The van der Waals surface area contributed by atoms with Crippen molar-refractivity contribution in [3.05, 3.63) is 72.1 Å². The molecule has 3 rings (SSSR count). The Labute approximate surface area is 186 Å². The third-order valence-electron chi connectivity index (χ3n) is 4.45. The number of aromatic nitrogens is 3. The van der Waals surface area contributed by atoms with Crippen molar-refractivity contribution in [2.75, 3.05) is 18.2 Å². The zero-order valence-corrected chi connectivity index (χ0v) is 18.7. The first kappa shape index (κ1) is 22.4. The number of thioether (sulfide) groups is 1. The van der Waals surface area contributed by atoms with Crippen LogP contribution in [0.25, 0.3) is 0 Å². The summed E-state index contributed by atoms with van der Waals surface area (Å²) in [6.45, 7) is 8.53. The standard InChI is InChI=1S/C23H26N4O3S/c1-5-12-27-21(14-30-19-11-8-17(3)13-20(19)29-4)25-26-23(27)31-15-22(28)24-18-9-6-16(2)7-10-18/h5-11,13H,1,12,14-15H2,2-4H3,(H,24,28). The van der Waals surface area contributed by atoms with Crippen molar-refractivity contribution in [3.63, 3.8) is 0 Å². The van der Waals surface area contributed by atoms with Gasteiger partial charge in [-0.3, -0.25) is 9.36 Å². The number of ether oxygens (including phenoxy) is 2. The van der Waals surface area contributed by atoms with Crippen LogP contribution in [-0.2, 0) is 17.9 Å². The molecule has 0 atom stereocenters. The Hall–Kier alpha value is -3.26. The molecule has 3 aromatic rings. The molecule has 0 fully saturated rings. The first-order valence-electron chi connectivity index (χ1n) is 9.80. The summed E-state index contributed by atoms with van der Waals surface area (Å²) in [7, 11) is 1.61. The topological polar surface area (TPSA) is 78.3 Å². The van der Waals surface area contributed by atoms with Crippen molar-refractivity contribution >= 4 is 23.4 Å². The van der Waals surface area contributed by atoms with Gasteiger partial charge in [-0.15, -0.1) is 16.8 Å². The van der Waals surface area contributed by atoms with E-state index in [2.05, 4.69) is 22.1 Å². The predicted octanol–water partition coefficient (Wildman–Crippen LogP) is 4.40. The largest absolute Gasteiger partial charge is 0.493 e. The molecule has 8 heteroatoms. The van der Waals surface area contributed by atoms with Gasteiger partial charge in [0.25, 0.3) is 0 Å². The van der Waals surface area contributed by atoms with Crippen LogP contribution in [0, 0.1) is 13.8 Å². The zero-order valence-electron chi connectivity index (χ0n) is 17.9. The van der Waals surface area contributed by atoms with Crippen LogP contribution in [0.4, 0.5) is 5.69 Å². The highest BCUT2D eigenvalue weighted by Crippen LogP contribution is 2.28. The number of aryl methyl sites for hydroxylation is 2. The van der Waals surface area contributed by atoms with Crippen molar-refractivity contribution in [1.29, 1.82) is 0 Å². The molecule has 0 aliphatic rings. The summed E-state index contributed by atoms with van der Waals surface area (Å²) in [6.07, 6.45) is 1.76. The number of benzene rings is 2. The van der Waals surface area contributed by atoms with Crippen LogP contribution >= 0.6 is 11.8 Å². The molecule has 0 aliphatic carbocycles. The van der Waals surface area contributed by atoms with Crippen LogP contribution in [0.5, 0.6) is 11.5 Å². The summed E-state index contributed by atoms with van der Waals surface area (Å²) >= 11 is 1.32. The second kappa shape index (κ2) is 10.7. The van der Waals surface area contributed by atoms with Crippen molar-refractivity contribution in [2.24, 2.45) is 0 Å². The number of hydrogen-bond donors (Lipinski definition) is 1. The fourth-order valence-electron chi connectivity index (χ4n) is 2.85. The van der Waals surface area contributed by atoms with Gasteiger partial charge < -0.3 is 14.8 Å². The summed E-state index contributed by atoms with van der Waals surface area (Å²) < 4.78 is 13.2. The molecule has 1 N–H and O–H groups in total. The molecule has 0 saturated heterocycles. The minimum absolute atomic E-state index is 0.107. The SMILES string of the molecule is C=CCn1c(COc2ccc(C)cc2OC)nnc1SCC(=O)Nc1ccc(C)cc1. The number of anilines is 1. The maximum Gasteiger partial charge on any atom is 0.234 e. The number of amides is 1. The second-order valence-electron chi connectivity index (χ2n) is 6.94. The summed E-state index contributed by atoms with van der Waals surface area (Å²) in [6, 6.07) is 13.4. The lowest BCUT2D eigenvalue weighted by molar-refractivity contribution is -0.113. The van der Waals surface area contributed by atoms with Gasteiger partial charge in [-0.2, -0.15) is 0 Å². The zero-order chi connectivity index (χ0) is 22.2. The fraction of sp³-hybridized carbons (Fsp3) is 0.261. The van der Waals surface area contributed by atoms with Gasteiger partial charge in [0.05, 0.1) is 12.9 Å². The molecule has 31 heavy (non-hydrogen) atoms. The number of nitrogens with zero attached hydrogens (tertiary/aromatic N) is 3. The van der Waals surface area contributed by atoms with Gasteiger partial charge in [0.15, 0.2) is 22.5 Å². The van der Waals surface area contributed by atoms with Crippen molar-refractivity contribution in [1.82, 2.24) is 14.8 Å². The Morgan fingerprint density at radius 3 is 2.58 bits per heavy atom.